The summed E-state index contributed by atoms with van der Waals surface area (Å²) in [5, 5.41) is 14.2. The highest BCUT2D eigenvalue weighted by Crippen LogP contribution is 2.45. The van der Waals surface area contributed by atoms with E-state index >= 15 is 0 Å². The molecular formula is C19H23N3O5. The Balaban J connectivity index is 1.66. The third-order valence-corrected chi connectivity index (χ3v) is 4.74. The molecule has 144 valence electrons. The lowest BCUT2D eigenvalue weighted by Gasteiger charge is -2.42. The zero-order valence-corrected chi connectivity index (χ0v) is 15.5. The Labute approximate surface area is 157 Å². The van der Waals surface area contributed by atoms with E-state index in [-0.39, 0.29) is 23.9 Å². The number of quaternary nitrogens is 1. The molecule has 0 saturated carbocycles. The lowest BCUT2D eigenvalue weighted by Crippen LogP contribution is -2.65. The summed E-state index contributed by atoms with van der Waals surface area (Å²) in [5.74, 6) is -2.59. The first-order valence-corrected chi connectivity index (χ1v) is 8.74. The number of carboxylic acids is 1. The van der Waals surface area contributed by atoms with Crippen molar-refractivity contribution in [1.82, 2.24) is 10.2 Å². The van der Waals surface area contributed by atoms with Crippen LogP contribution in [0, 0.1) is 11.3 Å². The average molecular weight is 373 g/mol. The number of nitrogens with one attached hydrogen (secondary N) is 1. The minimum Gasteiger partial charge on any atom is -0.543 e. The largest absolute Gasteiger partial charge is 0.543 e. The number of carboxylic acid groups (broad SMARTS) is 1. The predicted molar refractivity (Wildman–Crippen MR) is 91.8 cm³/mol. The number of ether oxygens (including phenoxy) is 1. The molecule has 0 aromatic heterocycles. The first-order chi connectivity index (χ1) is 12.6. The van der Waals surface area contributed by atoms with E-state index in [0.29, 0.717) is 0 Å². The van der Waals surface area contributed by atoms with Crippen LogP contribution in [0.25, 0.3) is 0 Å². The van der Waals surface area contributed by atoms with Crippen LogP contribution < -0.4 is 16.2 Å². The molecule has 1 aromatic carbocycles. The van der Waals surface area contributed by atoms with Gasteiger partial charge in [-0.15, -0.1) is 0 Å². The second-order valence-corrected chi connectivity index (χ2v) is 7.75. The number of amides is 2. The van der Waals surface area contributed by atoms with E-state index in [1.807, 2.05) is 18.2 Å². The van der Waals surface area contributed by atoms with Gasteiger partial charge in [0.15, 0.2) is 12.3 Å². The molecular weight excluding hydrogens is 350 g/mol. The lowest BCUT2D eigenvalue weighted by atomic mass is 9.91. The summed E-state index contributed by atoms with van der Waals surface area (Å²) < 4.78 is 5.76. The Kier molecular flexibility index (Phi) is 4.69. The molecule has 0 radical (unpaired) electrons. The summed E-state index contributed by atoms with van der Waals surface area (Å²) in [6, 6.07) is 8.49. The maximum absolute atomic E-state index is 12.4. The van der Waals surface area contributed by atoms with Crippen LogP contribution in [-0.4, -0.2) is 35.5 Å². The molecule has 27 heavy (non-hydrogen) atoms. The van der Waals surface area contributed by atoms with Gasteiger partial charge in [-0.3, -0.25) is 14.5 Å². The standard InChI is InChI=1S/C19H23N3O5/c1-19(2,3)14-13(18(25)26)22-16(24)11(17(22)27-14)9-21-15(23)12(20)10-7-5-4-6-8-10/h4-8,11-12,17H,9,20H2,1-3H3,(H,21,23)(H,25,26)/t11-,12+,17+/m0/s1. The van der Waals surface area contributed by atoms with Crippen molar-refractivity contribution in [1.29, 1.82) is 0 Å². The van der Waals surface area contributed by atoms with Crippen LogP contribution in [0.1, 0.15) is 32.4 Å². The van der Waals surface area contributed by atoms with Gasteiger partial charge in [-0.2, -0.15) is 0 Å². The molecule has 2 aliphatic heterocycles. The van der Waals surface area contributed by atoms with Crippen LogP contribution in [0.5, 0.6) is 0 Å². The Morgan fingerprint density at radius 3 is 2.48 bits per heavy atom. The molecule has 2 heterocycles. The van der Waals surface area contributed by atoms with Crippen LogP contribution in [-0.2, 0) is 19.1 Å². The zero-order valence-electron chi connectivity index (χ0n) is 15.5. The van der Waals surface area contributed by atoms with Crippen molar-refractivity contribution in [3.63, 3.8) is 0 Å². The minimum atomic E-state index is -1.44. The van der Waals surface area contributed by atoms with Gasteiger partial charge in [-0.1, -0.05) is 51.1 Å². The third-order valence-electron chi connectivity index (χ3n) is 4.74. The van der Waals surface area contributed by atoms with Crippen LogP contribution in [0.15, 0.2) is 41.8 Å². The topological polar surface area (TPSA) is 126 Å². The van der Waals surface area contributed by atoms with Crippen LogP contribution in [0.3, 0.4) is 0 Å². The number of benzene rings is 1. The maximum Gasteiger partial charge on any atom is 0.283 e. The summed E-state index contributed by atoms with van der Waals surface area (Å²) in [5.41, 5.74) is 3.82. The van der Waals surface area contributed by atoms with E-state index in [1.165, 1.54) is 0 Å². The van der Waals surface area contributed by atoms with Crippen LogP contribution >= 0.6 is 0 Å². The van der Waals surface area contributed by atoms with E-state index in [1.54, 1.807) is 32.9 Å². The van der Waals surface area contributed by atoms with E-state index < -0.39 is 35.5 Å². The fourth-order valence-electron chi connectivity index (χ4n) is 3.26. The quantitative estimate of drug-likeness (QED) is 0.634. The molecule has 2 aliphatic rings. The molecule has 0 bridgehead atoms. The highest BCUT2D eigenvalue weighted by atomic mass is 16.5. The average Bonchev–Trinajstić information content (AvgIpc) is 2.98. The number of aliphatic carboxylic acids is 1. The SMILES string of the molecule is CC(C)(C)C1=C(C(=O)[O-])N2C(=O)[C@H](CNC(=O)[C@H]([NH3+])c3ccccc3)[C@H]2O1. The molecule has 0 unspecified atom stereocenters. The van der Waals surface area contributed by atoms with Crippen molar-refractivity contribution in [2.45, 2.75) is 33.0 Å². The van der Waals surface area contributed by atoms with Gasteiger partial charge in [-0.25, -0.2) is 0 Å². The van der Waals surface area contributed by atoms with Gasteiger partial charge in [0, 0.05) is 17.5 Å². The fraction of sp³-hybridized carbons (Fsp3) is 0.421. The zero-order chi connectivity index (χ0) is 19.9. The van der Waals surface area contributed by atoms with E-state index in [4.69, 9.17) is 4.74 Å². The fourth-order valence-corrected chi connectivity index (χ4v) is 3.26. The smallest absolute Gasteiger partial charge is 0.283 e. The van der Waals surface area contributed by atoms with Gasteiger partial charge in [0.05, 0.1) is 5.97 Å². The summed E-state index contributed by atoms with van der Waals surface area (Å²) in [6.45, 7) is 5.44. The molecule has 1 fully saturated rings. The number of nitrogens with zero attached hydrogens (tertiary/aromatic N) is 1. The third kappa shape index (κ3) is 3.28. The van der Waals surface area contributed by atoms with Crippen LogP contribution in [0.4, 0.5) is 0 Å². The van der Waals surface area contributed by atoms with E-state index in [0.717, 1.165) is 10.5 Å². The number of fused-ring (bicyclic) bond motifs is 1. The highest BCUT2D eigenvalue weighted by Gasteiger charge is 2.57. The molecule has 1 saturated heterocycles. The lowest BCUT2D eigenvalue weighted by molar-refractivity contribution is -0.409. The predicted octanol–water partition coefficient (Wildman–Crippen LogP) is -1.09. The number of hydrogen-bond acceptors (Lipinski definition) is 5. The molecule has 3 atom stereocenters. The number of carbonyl (C=O) groups excluding carboxylic acids is 3. The number of rotatable bonds is 5. The Morgan fingerprint density at radius 1 is 1.30 bits per heavy atom. The second kappa shape index (κ2) is 6.70. The summed E-state index contributed by atoms with van der Waals surface area (Å²) in [4.78, 5) is 37.4. The molecule has 1 aromatic rings. The maximum atomic E-state index is 12.4. The second-order valence-electron chi connectivity index (χ2n) is 7.75. The van der Waals surface area contributed by atoms with Crippen molar-refractivity contribution in [3.05, 3.63) is 47.4 Å². The number of β-lactam (4-membered cyclic amide) rings is 1. The summed E-state index contributed by atoms with van der Waals surface area (Å²) in [7, 11) is 0. The minimum absolute atomic E-state index is 0.0510. The van der Waals surface area contributed by atoms with Crippen molar-refractivity contribution in [2.24, 2.45) is 11.3 Å². The normalized spacial score (nSPS) is 22.7. The molecule has 4 N–H and O–H groups in total. The van der Waals surface area contributed by atoms with Gasteiger partial charge in [0.2, 0.25) is 5.91 Å². The number of hydrogen-bond donors (Lipinski definition) is 2. The monoisotopic (exact) mass is 373 g/mol. The van der Waals surface area contributed by atoms with Crippen molar-refractivity contribution in [2.75, 3.05) is 6.54 Å². The molecule has 0 aliphatic carbocycles. The summed E-state index contributed by atoms with van der Waals surface area (Å²) in [6.07, 6.45) is -0.736. The van der Waals surface area contributed by atoms with Crippen molar-refractivity contribution in [3.8, 4) is 0 Å². The Bertz CT molecular complexity index is 812. The van der Waals surface area contributed by atoms with Crippen LogP contribution in [0.2, 0.25) is 0 Å². The van der Waals surface area contributed by atoms with Gasteiger partial charge in [0.25, 0.3) is 5.91 Å². The molecule has 0 spiro atoms. The highest BCUT2D eigenvalue weighted by molar-refractivity contribution is 5.98. The first-order valence-electron chi connectivity index (χ1n) is 8.74. The number of allylic oxidation sites excluding steroid dienone is 1. The van der Waals surface area contributed by atoms with Gasteiger partial charge in [-0.05, 0) is 0 Å². The number of carbonyl (C=O) groups is 3. The summed E-state index contributed by atoms with van der Waals surface area (Å²) >= 11 is 0. The van der Waals surface area contributed by atoms with E-state index in [2.05, 4.69) is 11.1 Å². The molecule has 3 rings (SSSR count). The molecule has 2 amide bonds. The first kappa shape index (κ1) is 18.9. The Morgan fingerprint density at radius 2 is 1.93 bits per heavy atom. The van der Waals surface area contributed by atoms with Gasteiger partial charge >= 0.3 is 0 Å². The van der Waals surface area contributed by atoms with Crippen molar-refractivity contribution < 1.29 is 30.0 Å². The van der Waals surface area contributed by atoms with Gasteiger partial charge in [0.1, 0.15) is 17.4 Å². The Hall–Kier alpha value is -2.87. The van der Waals surface area contributed by atoms with Crippen molar-refractivity contribution >= 4 is 17.8 Å². The van der Waals surface area contributed by atoms with E-state index in [9.17, 15) is 19.5 Å². The molecule has 8 nitrogen and oxygen atoms in total. The van der Waals surface area contributed by atoms with Gasteiger partial charge < -0.3 is 25.7 Å². The molecule has 8 heteroatoms.